The van der Waals surface area contributed by atoms with Gasteiger partial charge < -0.3 is 19.3 Å². The second kappa shape index (κ2) is 8.48. The largest absolute Gasteiger partial charge is 0.496 e. The molecule has 1 amide bonds. The van der Waals surface area contributed by atoms with Crippen molar-refractivity contribution in [2.75, 3.05) is 45.3 Å². The van der Waals surface area contributed by atoms with Crippen LogP contribution in [0.25, 0.3) is 21.0 Å². The quantitative estimate of drug-likeness (QED) is 0.419. The first kappa shape index (κ1) is 20.8. The molecule has 0 radical (unpaired) electrons. The Kier molecular flexibility index (Phi) is 5.53. The standard InChI is InChI=1S/C24H22ClN3O3S/c1-30-19-8-7-18(25)22-21(19)26-24(32-22)28-11-9-27(10-12-28)23(29)17-13-15-5-3-4-6-16(15)14-20(17)31-2/h3-8,13-14H,9-12H2,1-2H3. The molecule has 0 aliphatic carbocycles. The lowest BCUT2D eigenvalue weighted by Crippen LogP contribution is -2.48. The second-order valence-electron chi connectivity index (χ2n) is 7.60. The highest BCUT2D eigenvalue weighted by Crippen LogP contribution is 2.39. The summed E-state index contributed by atoms with van der Waals surface area (Å²) in [4.78, 5) is 22.2. The van der Waals surface area contributed by atoms with Gasteiger partial charge in [-0.2, -0.15) is 0 Å². The van der Waals surface area contributed by atoms with E-state index in [0.717, 1.165) is 26.1 Å². The number of nitrogens with zero attached hydrogens (tertiary/aromatic N) is 3. The molecular formula is C24H22ClN3O3S. The number of hydrogen-bond acceptors (Lipinski definition) is 6. The molecule has 0 atom stereocenters. The first-order chi connectivity index (χ1) is 15.6. The molecular weight excluding hydrogens is 446 g/mol. The van der Waals surface area contributed by atoms with E-state index in [1.807, 2.05) is 53.4 Å². The minimum absolute atomic E-state index is 0.0127. The number of anilines is 1. The van der Waals surface area contributed by atoms with E-state index in [9.17, 15) is 4.79 Å². The summed E-state index contributed by atoms with van der Waals surface area (Å²) in [5.74, 6) is 1.30. The van der Waals surface area contributed by atoms with E-state index >= 15 is 0 Å². The fourth-order valence-corrected chi connectivity index (χ4v) is 5.38. The third-order valence-corrected chi connectivity index (χ3v) is 7.38. The monoisotopic (exact) mass is 467 g/mol. The van der Waals surface area contributed by atoms with Crippen LogP contribution in [0.2, 0.25) is 5.02 Å². The van der Waals surface area contributed by atoms with Crippen LogP contribution in [-0.2, 0) is 0 Å². The minimum atomic E-state index is -0.0127. The molecule has 0 saturated carbocycles. The Morgan fingerprint density at radius 2 is 1.66 bits per heavy atom. The molecule has 1 fully saturated rings. The van der Waals surface area contributed by atoms with Crippen LogP contribution in [0.5, 0.6) is 11.5 Å². The van der Waals surface area contributed by atoms with E-state index in [4.69, 9.17) is 26.1 Å². The van der Waals surface area contributed by atoms with E-state index in [1.165, 1.54) is 0 Å². The van der Waals surface area contributed by atoms with Crippen LogP contribution in [0.3, 0.4) is 0 Å². The maximum Gasteiger partial charge on any atom is 0.257 e. The molecule has 1 aliphatic rings. The zero-order valence-electron chi connectivity index (χ0n) is 17.8. The van der Waals surface area contributed by atoms with Crippen LogP contribution in [0.4, 0.5) is 5.13 Å². The predicted molar refractivity (Wildman–Crippen MR) is 130 cm³/mol. The van der Waals surface area contributed by atoms with Crippen LogP contribution in [-0.4, -0.2) is 56.2 Å². The van der Waals surface area contributed by atoms with Gasteiger partial charge in [0.2, 0.25) is 0 Å². The summed E-state index contributed by atoms with van der Waals surface area (Å²) >= 11 is 7.93. The number of aromatic nitrogens is 1. The number of amides is 1. The summed E-state index contributed by atoms with van der Waals surface area (Å²) in [6.07, 6.45) is 0. The molecule has 164 valence electrons. The van der Waals surface area contributed by atoms with Gasteiger partial charge >= 0.3 is 0 Å². The number of ether oxygens (including phenoxy) is 2. The van der Waals surface area contributed by atoms with E-state index in [2.05, 4.69) is 4.90 Å². The normalized spacial score (nSPS) is 14.2. The Labute approximate surface area is 194 Å². The molecule has 0 spiro atoms. The first-order valence-corrected chi connectivity index (χ1v) is 11.5. The van der Waals surface area contributed by atoms with Gasteiger partial charge in [0, 0.05) is 26.2 Å². The predicted octanol–water partition coefficient (Wildman–Crippen LogP) is 5.08. The van der Waals surface area contributed by atoms with Crippen LogP contribution >= 0.6 is 22.9 Å². The van der Waals surface area contributed by atoms with Crippen LogP contribution in [0.15, 0.2) is 48.5 Å². The Morgan fingerprint density at radius 1 is 0.969 bits per heavy atom. The number of benzene rings is 3. The summed E-state index contributed by atoms with van der Waals surface area (Å²) in [6, 6.07) is 15.5. The maximum absolute atomic E-state index is 13.3. The van der Waals surface area contributed by atoms with Gasteiger partial charge in [-0.25, -0.2) is 4.98 Å². The molecule has 0 bridgehead atoms. The molecule has 4 aromatic rings. The van der Waals surface area contributed by atoms with Gasteiger partial charge in [0.15, 0.2) is 5.13 Å². The van der Waals surface area contributed by atoms with Crippen molar-refractivity contribution in [3.63, 3.8) is 0 Å². The molecule has 1 aromatic heterocycles. The maximum atomic E-state index is 13.3. The Hall–Kier alpha value is -3.03. The number of hydrogen-bond donors (Lipinski definition) is 0. The minimum Gasteiger partial charge on any atom is -0.496 e. The number of thiazole rings is 1. The van der Waals surface area contributed by atoms with E-state index < -0.39 is 0 Å². The fraction of sp³-hybridized carbons (Fsp3) is 0.250. The van der Waals surface area contributed by atoms with E-state index in [0.29, 0.717) is 48.3 Å². The lowest BCUT2D eigenvalue weighted by molar-refractivity contribution is 0.0743. The number of halogens is 1. The van der Waals surface area contributed by atoms with Crippen molar-refractivity contribution in [3.05, 3.63) is 59.1 Å². The van der Waals surface area contributed by atoms with Crippen LogP contribution in [0, 0.1) is 0 Å². The molecule has 8 heteroatoms. The Balaban J connectivity index is 1.36. The number of carbonyl (C=O) groups excluding carboxylic acids is 1. The molecule has 32 heavy (non-hydrogen) atoms. The zero-order valence-corrected chi connectivity index (χ0v) is 19.4. The smallest absolute Gasteiger partial charge is 0.257 e. The lowest BCUT2D eigenvalue weighted by atomic mass is 10.0. The van der Waals surface area contributed by atoms with E-state index in [-0.39, 0.29) is 5.91 Å². The van der Waals surface area contributed by atoms with Gasteiger partial charge in [0.1, 0.15) is 17.0 Å². The van der Waals surface area contributed by atoms with Gasteiger partial charge in [-0.3, -0.25) is 4.79 Å². The van der Waals surface area contributed by atoms with Gasteiger partial charge in [-0.15, -0.1) is 0 Å². The van der Waals surface area contributed by atoms with Gasteiger partial charge in [-0.1, -0.05) is 47.2 Å². The molecule has 2 heterocycles. The second-order valence-corrected chi connectivity index (χ2v) is 8.99. The summed E-state index contributed by atoms with van der Waals surface area (Å²) < 4.78 is 11.9. The molecule has 5 rings (SSSR count). The van der Waals surface area contributed by atoms with Crippen molar-refractivity contribution in [1.82, 2.24) is 9.88 Å². The van der Waals surface area contributed by atoms with Gasteiger partial charge in [0.05, 0.1) is 29.5 Å². The molecule has 6 nitrogen and oxygen atoms in total. The zero-order chi connectivity index (χ0) is 22.2. The van der Waals surface area contributed by atoms with Crippen LogP contribution < -0.4 is 14.4 Å². The highest BCUT2D eigenvalue weighted by molar-refractivity contribution is 7.22. The van der Waals surface area contributed by atoms with Crippen molar-refractivity contribution in [2.24, 2.45) is 0 Å². The fourth-order valence-electron chi connectivity index (χ4n) is 4.07. The number of methoxy groups -OCH3 is 2. The highest BCUT2D eigenvalue weighted by atomic mass is 35.5. The molecule has 3 aromatic carbocycles. The van der Waals surface area contributed by atoms with Crippen molar-refractivity contribution >= 4 is 55.0 Å². The average molecular weight is 468 g/mol. The third-order valence-electron chi connectivity index (χ3n) is 5.80. The summed E-state index contributed by atoms with van der Waals surface area (Å²) in [7, 11) is 3.23. The van der Waals surface area contributed by atoms with Crippen molar-refractivity contribution < 1.29 is 14.3 Å². The lowest BCUT2D eigenvalue weighted by Gasteiger charge is -2.34. The number of fused-ring (bicyclic) bond motifs is 2. The number of carbonyl (C=O) groups is 1. The number of rotatable bonds is 4. The first-order valence-electron chi connectivity index (χ1n) is 10.3. The topological polar surface area (TPSA) is 54.9 Å². The van der Waals surface area contributed by atoms with E-state index in [1.54, 1.807) is 25.6 Å². The van der Waals surface area contributed by atoms with Crippen molar-refractivity contribution in [1.29, 1.82) is 0 Å². The molecule has 1 saturated heterocycles. The summed E-state index contributed by atoms with van der Waals surface area (Å²) in [6.45, 7) is 2.61. The third kappa shape index (κ3) is 3.61. The van der Waals surface area contributed by atoms with Crippen LogP contribution in [0.1, 0.15) is 10.4 Å². The Morgan fingerprint density at radius 3 is 2.34 bits per heavy atom. The summed E-state index contributed by atoms with van der Waals surface area (Å²) in [5, 5.41) is 3.63. The number of piperazine rings is 1. The Bertz CT molecular complexity index is 1310. The van der Waals surface area contributed by atoms with Gasteiger partial charge in [-0.05, 0) is 35.0 Å². The van der Waals surface area contributed by atoms with Gasteiger partial charge in [0.25, 0.3) is 5.91 Å². The average Bonchev–Trinajstić information content (AvgIpc) is 3.29. The molecule has 0 unspecified atom stereocenters. The SMILES string of the molecule is COc1cc2ccccc2cc1C(=O)N1CCN(c2nc3c(OC)ccc(Cl)c3s2)CC1. The van der Waals surface area contributed by atoms with Crippen molar-refractivity contribution in [3.8, 4) is 11.5 Å². The highest BCUT2D eigenvalue weighted by Gasteiger charge is 2.26. The summed E-state index contributed by atoms with van der Waals surface area (Å²) in [5.41, 5.74) is 1.37. The molecule has 0 N–H and O–H groups in total. The molecule has 1 aliphatic heterocycles. The van der Waals surface area contributed by atoms with Crippen molar-refractivity contribution in [2.45, 2.75) is 0 Å².